The molecule has 0 unspecified atom stereocenters. The summed E-state index contributed by atoms with van der Waals surface area (Å²) < 4.78 is 1.61. The number of nitrogens with zero attached hydrogens (tertiary/aromatic N) is 3. The Balaban J connectivity index is 2.11. The van der Waals surface area contributed by atoms with Gasteiger partial charge < -0.3 is 10.1 Å². The molecular formula is C8H8BrN3O3. The molecule has 15 heavy (non-hydrogen) atoms. The standard InChI is InChI=1S/C8H8BrN3O3/c9-6-3-11(10-8(6)12(14)15)4-7(13)5-1-2-5/h3,5H,1-2,4H2. The summed E-state index contributed by atoms with van der Waals surface area (Å²) in [5.41, 5.74) is 0. The van der Waals surface area contributed by atoms with E-state index >= 15 is 0 Å². The van der Waals surface area contributed by atoms with Crippen LogP contribution in [-0.4, -0.2) is 20.5 Å². The lowest BCUT2D eigenvalue weighted by atomic mass is 10.3. The van der Waals surface area contributed by atoms with Crippen LogP contribution in [0.25, 0.3) is 0 Å². The van der Waals surface area contributed by atoms with E-state index in [-0.39, 0.29) is 24.1 Å². The van der Waals surface area contributed by atoms with Crippen LogP contribution in [-0.2, 0) is 11.3 Å². The van der Waals surface area contributed by atoms with Crippen molar-refractivity contribution in [3.8, 4) is 0 Å². The molecule has 1 aliphatic carbocycles. The summed E-state index contributed by atoms with van der Waals surface area (Å²) in [6, 6.07) is 0. The third-order valence-electron chi connectivity index (χ3n) is 2.22. The van der Waals surface area contributed by atoms with Gasteiger partial charge in [-0.2, -0.15) is 4.68 Å². The first-order valence-corrected chi connectivity index (χ1v) is 5.27. The smallest absolute Gasteiger partial charge is 0.358 e. The Morgan fingerprint density at radius 2 is 2.40 bits per heavy atom. The van der Waals surface area contributed by atoms with Crippen molar-refractivity contribution in [1.29, 1.82) is 0 Å². The average Bonchev–Trinajstić information content (AvgIpc) is 2.91. The fourth-order valence-electron chi connectivity index (χ4n) is 1.29. The Bertz CT molecular complexity index is 425. The number of nitro groups is 1. The van der Waals surface area contributed by atoms with Crippen LogP contribution in [0.1, 0.15) is 12.8 Å². The van der Waals surface area contributed by atoms with Crippen LogP contribution in [0, 0.1) is 16.0 Å². The van der Waals surface area contributed by atoms with Gasteiger partial charge >= 0.3 is 5.82 Å². The maximum absolute atomic E-state index is 11.4. The van der Waals surface area contributed by atoms with Crippen molar-refractivity contribution in [3.63, 3.8) is 0 Å². The van der Waals surface area contributed by atoms with Gasteiger partial charge in [0, 0.05) is 5.92 Å². The summed E-state index contributed by atoms with van der Waals surface area (Å²) in [6.07, 6.45) is 3.32. The molecule has 1 fully saturated rings. The predicted molar refractivity (Wildman–Crippen MR) is 54.3 cm³/mol. The molecule has 80 valence electrons. The molecule has 0 amide bonds. The van der Waals surface area contributed by atoms with Crippen molar-refractivity contribution in [3.05, 3.63) is 20.8 Å². The molecule has 0 atom stereocenters. The number of aromatic nitrogens is 2. The van der Waals surface area contributed by atoms with Crippen molar-refractivity contribution in [2.45, 2.75) is 19.4 Å². The van der Waals surface area contributed by atoms with E-state index in [9.17, 15) is 14.9 Å². The lowest BCUT2D eigenvalue weighted by Crippen LogP contribution is -2.12. The number of hydrogen-bond donors (Lipinski definition) is 0. The molecule has 2 rings (SSSR count). The van der Waals surface area contributed by atoms with E-state index in [2.05, 4.69) is 21.0 Å². The number of halogens is 1. The molecule has 0 saturated heterocycles. The molecule has 0 spiro atoms. The molecule has 0 radical (unpaired) electrons. The minimum atomic E-state index is -0.581. The van der Waals surface area contributed by atoms with E-state index in [4.69, 9.17) is 0 Å². The number of hydrogen-bond acceptors (Lipinski definition) is 4. The van der Waals surface area contributed by atoms with E-state index in [1.807, 2.05) is 0 Å². The zero-order valence-corrected chi connectivity index (χ0v) is 9.31. The summed E-state index contributed by atoms with van der Waals surface area (Å²) in [5.74, 6) is -0.00877. The van der Waals surface area contributed by atoms with Crippen LogP contribution < -0.4 is 0 Å². The molecule has 0 aromatic carbocycles. The number of rotatable bonds is 4. The Morgan fingerprint density at radius 3 is 2.87 bits per heavy atom. The Morgan fingerprint density at radius 1 is 1.73 bits per heavy atom. The maximum Gasteiger partial charge on any atom is 0.404 e. The largest absolute Gasteiger partial charge is 0.404 e. The van der Waals surface area contributed by atoms with Gasteiger partial charge in [0.1, 0.15) is 11.0 Å². The van der Waals surface area contributed by atoms with E-state index < -0.39 is 4.92 Å². The number of carbonyl (C=O) groups excluding carboxylic acids is 1. The Hall–Kier alpha value is -1.24. The fraction of sp³-hybridized carbons (Fsp3) is 0.500. The first-order valence-electron chi connectivity index (χ1n) is 4.48. The molecule has 1 aromatic rings. The van der Waals surface area contributed by atoms with Crippen LogP contribution in [0.2, 0.25) is 0 Å². The third kappa shape index (κ3) is 2.23. The first kappa shape index (κ1) is 10.3. The molecule has 1 heterocycles. The molecule has 0 aliphatic heterocycles. The summed E-state index contributed by atoms with van der Waals surface area (Å²) in [4.78, 5) is 21.3. The van der Waals surface area contributed by atoms with Crippen LogP contribution >= 0.6 is 15.9 Å². The second-order valence-electron chi connectivity index (χ2n) is 3.50. The van der Waals surface area contributed by atoms with E-state index in [0.29, 0.717) is 4.47 Å². The monoisotopic (exact) mass is 273 g/mol. The minimum absolute atomic E-state index is 0.0971. The normalized spacial score (nSPS) is 15.3. The van der Waals surface area contributed by atoms with Gasteiger partial charge in [0.05, 0.1) is 11.3 Å². The van der Waals surface area contributed by atoms with Crippen LogP contribution in [0.5, 0.6) is 0 Å². The van der Waals surface area contributed by atoms with Crippen LogP contribution in [0.15, 0.2) is 10.7 Å². The lowest BCUT2D eigenvalue weighted by Gasteiger charge is -1.93. The molecule has 0 bridgehead atoms. The zero-order chi connectivity index (χ0) is 11.0. The van der Waals surface area contributed by atoms with Crippen molar-refractivity contribution in [2.24, 2.45) is 5.92 Å². The summed E-state index contributed by atoms with van der Waals surface area (Å²) in [6.45, 7) is 0.122. The van der Waals surface area contributed by atoms with Gasteiger partial charge in [-0.3, -0.25) is 4.79 Å². The van der Waals surface area contributed by atoms with Crippen molar-refractivity contribution < 1.29 is 9.72 Å². The van der Waals surface area contributed by atoms with E-state index in [1.165, 1.54) is 10.9 Å². The lowest BCUT2D eigenvalue weighted by molar-refractivity contribution is -0.390. The van der Waals surface area contributed by atoms with Gasteiger partial charge in [-0.15, -0.1) is 0 Å². The van der Waals surface area contributed by atoms with Crippen LogP contribution in [0.3, 0.4) is 0 Å². The summed E-state index contributed by atoms with van der Waals surface area (Å²) >= 11 is 3.02. The predicted octanol–water partition coefficient (Wildman–Crippen LogP) is 1.53. The molecule has 1 aliphatic rings. The quantitative estimate of drug-likeness (QED) is 0.616. The molecule has 1 aromatic heterocycles. The van der Waals surface area contributed by atoms with Crippen molar-refractivity contribution in [2.75, 3.05) is 0 Å². The highest BCUT2D eigenvalue weighted by Crippen LogP contribution is 2.30. The summed E-state index contributed by atoms with van der Waals surface area (Å²) in [5, 5.41) is 14.2. The van der Waals surface area contributed by atoms with Gasteiger partial charge in [-0.25, -0.2) is 0 Å². The van der Waals surface area contributed by atoms with Crippen molar-refractivity contribution >= 4 is 27.5 Å². The topological polar surface area (TPSA) is 78.0 Å². The third-order valence-corrected chi connectivity index (χ3v) is 2.78. The SMILES string of the molecule is O=C(Cn1cc(Br)c([N+](=O)[O-])n1)C1CC1. The molecular weight excluding hydrogens is 266 g/mol. The van der Waals surface area contributed by atoms with Gasteiger partial charge in [0.15, 0.2) is 5.78 Å². The van der Waals surface area contributed by atoms with Gasteiger partial charge in [-0.1, -0.05) is 0 Å². The average molecular weight is 274 g/mol. The number of ketones is 1. The highest BCUT2D eigenvalue weighted by molar-refractivity contribution is 9.10. The number of Topliss-reactive ketones (excluding diaryl/α,β-unsaturated/α-hetero) is 1. The second-order valence-corrected chi connectivity index (χ2v) is 4.35. The molecule has 0 N–H and O–H groups in total. The van der Waals surface area contributed by atoms with Gasteiger partial charge in [0.25, 0.3) is 0 Å². The highest BCUT2D eigenvalue weighted by Gasteiger charge is 2.31. The Labute approximate surface area is 93.5 Å². The van der Waals surface area contributed by atoms with E-state index in [1.54, 1.807) is 0 Å². The molecule has 1 saturated carbocycles. The Kier molecular flexibility index (Phi) is 2.56. The summed E-state index contributed by atoms with van der Waals surface area (Å²) in [7, 11) is 0. The van der Waals surface area contributed by atoms with Crippen molar-refractivity contribution in [1.82, 2.24) is 9.78 Å². The fourth-order valence-corrected chi connectivity index (χ4v) is 1.75. The van der Waals surface area contributed by atoms with Gasteiger partial charge in [0.2, 0.25) is 0 Å². The zero-order valence-electron chi connectivity index (χ0n) is 7.72. The highest BCUT2D eigenvalue weighted by atomic mass is 79.9. The maximum atomic E-state index is 11.4. The van der Waals surface area contributed by atoms with Crippen LogP contribution in [0.4, 0.5) is 5.82 Å². The first-order chi connectivity index (χ1) is 7.08. The van der Waals surface area contributed by atoms with E-state index in [0.717, 1.165) is 12.8 Å². The second kappa shape index (κ2) is 3.73. The number of carbonyl (C=O) groups is 1. The molecule has 6 nitrogen and oxygen atoms in total. The minimum Gasteiger partial charge on any atom is -0.358 e. The molecule has 7 heteroatoms. The van der Waals surface area contributed by atoms with Gasteiger partial charge in [-0.05, 0) is 33.7 Å².